The van der Waals surface area contributed by atoms with Gasteiger partial charge in [-0.3, -0.25) is 14.4 Å². The predicted octanol–water partition coefficient (Wildman–Crippen LogP) is 1.64. The Morgan fingerprint density at radius 2 is 1.82 bits per heavy atom. The van der Waals surface area contributed by atoms with Crippen LogP contribution in [0.15, 0.2) is 18.2 Å². The van der Waals surface area contributed by atoms with Crippen LogP contribution in [0.4, 0.5) is 11.4 Å². The molecular formula is C23H33N5O5S. The van der Waals surface area contributed by atoms with Crippen molar-refractivity contribution in [2.75, 3.05) is 68.7 Å². The lowest BCUT2D eigenvalue weighted by atomic mass is 10.2. The number of nitrogens with one attached hydrogen (secondary N) is 1. The van der Waals surface area contributed by atoms with Crippen LogP contribution < -0.4 is 19.7 Å². The van der Waals surface area contributed by atoms with E-state index in [0.717, 1.165) is 43.3 Å². The molecule has 1 unspecified atom stereocenters. The first-order valence-corrected chi connectivity index (χ1v) is 13.3. The van der Waals surface area contributed by atoms with Crippen molar-refractivity contribution < 1.29 is 22.7 Å². The van der Waals surface area contributed by atoms with E-state index in [0.29, 0.717) is 30.2 Å². The van der Waals surface area contributed by atoms with Gasteiger partial charge in [-0.15, -0.1) is 0 Å². The minimum atomic E-state index is -2.97. The van der Waals surface area contributed by atoms with Gasteiger partial charge < -0.3 is 19.7 Å². The number of aryl methyl sites for hydroxylation is 1. The number of carbonyl (C=O) groups is 1. The highest BCUT2D eigenvalue weighted by Crippen LogP contribution is 2.32. The molecule has 0 spiro atoms. The molecular weight excluding hydrogens is 458 g/mol. The van der Waals surface area contributed by atoms with E-state index >= 15 is 0 Å². The molecule has 1 aromatic heterocycles. The topological polar surface area (TPSA) is 106 Å². The molecule has 2 saturated heterocycles. The van der Waals surface area contributed by atoms with Gasteiger partial charge in [0.2, 0.25) is 5.91 Å². The first kappa shape index (κ1) is 24.3. The lowest BCUT2D eigenvalue weighted by Gasteiger charge is -2.36. The van der Waals surface area contributed by atoms with Crippen LogP contribution in [0.25, 0.3) is 0 Å². The number of ether oxygens (including phenoxy) is 2. The number of aromatic nitrogens is 2. The average molecular weight is 492 g/mol. The lowest BCUT2D eigenvalue weighted by Crippen LogP contribution is -2.49. The Labute approximate surface area is 200 Å². The standard InChI is InChI=1S/C23H33N5O5S/c1-16-23(17(2)28(25-16)19-7-12-34(30,31)15-19)27-10-8-26(9-11-27)14-22(29)24-18-5-6-20(32-3)21(13-18)33-4/h5-6,13,19H,7-12,14-15H2,1-4H3,(H,24,29). The molecule has 2 aliphatic heterocycles. The van der Waals surface area contributed by atoms with Gasteiger partial charge in [-0.2, -0.15) is 5.10 Å². The van der Waals surface area contributed by atoms with Gasteiger partial charge in [-0.25, -0.2) is 8.42 Å². The summed E-state index contributed by atoms with van der Waals surface area (Å²) in [6.07, 6.45) is 0.618. The summed E-state index contributed by atoms with van der Waals surface area (Å²) in [6, 6.07) is 5.21. The van der Waals surface area contributed by atoms with E-state index < -0.39 is 9.84 Å². The van der Waals surface area contributed by atoms with E-state index in [1.165, 1.54) is 0 Å². The van der Waals surface area contributed by atoms with Gasteiger partial charge in [0.1, 0.15) is 0 Å². The van der Waals surface area contributed by atoms with Gasteiger partial charge in [0.05, 0.1) is 55.4 Å². The SMILES string of the molecule is COc1ccc(NC(=O)CN2CCN(c3c(C)nn(C4CCS(=O)(=O)C4)c3C)CC2)cc1OC. The van der Waals surface area contributed by atoms with Crippen molar-refractivity contribution in [3.8, 4) is 11.5 Å². The van der Waals surface area contributed by atoms with Gasteiger partial charge in [-0.05, 0) is 32.4 Å². The molecule has 1 aromatic carbocycles. The minimum Gasteiger partial charge on any atom is -0.493 e. The Morgan fingerprint density at radius 3 is 2.44 bits per heavy atom. The third-order valence-electron chi connectivity index (χ3n) is 6.56. The Hall–Kier alpha value is -2.79. The highest BCUT2D eigenvalue weighted by atomic mass is 32.2. The molecule has 11 heteroatoms. The van der Waals surface area contributed by atoms with Crippen LogP contribution in [0.3, 0.4) is 0 Å². The molecule has 0 radical (unpaired) electrons. The third-order valence-corrected chi connectivity index (χ3v) is 8.31. The van der Waals surface area contributed by atoms with E-state index in [-0.39, 0.29) is 23.5 Å². The van der Waals surface area contributed by atoms with Crippen molar-refractivity contribution in [3.05, 3.63) is 29.6 Å². The van der Waals surface area contributed by atoms with Crippen LogP contribution in [0, 0.1) is 13.8 Å². The molecule has 4 rings (SSSR count). The van der Waals surface area contributed by atoms with Gasteiger partial charge in [0.15, 0.2) is 21.3 Å². The largest absolute Gasteiger partial charge is 0.493 e. The smallest absolute Gasteiger partial charge is 0.238 e. The fourth-order valence-corrected chi connectivity index (χ4v) is 6.57. The number of piperazine rings is 1. The fraction of sp³-hybridized carbons (Fsp3) is 0.565. The molecule has 1 amide bonds. The first-order chi connectivity index (χ1) is 16.2. The Morgan fingerprint density at radius 1 is 1.12 bits per heavy atom. The molecule has 3 heterocycles. The molecule has 1 N–H and O–H groups in total. The number of methoxy groups -OCH3 is 2. The van der Waals surface area contributed by atoms with Crippen LogP contribution in [-0.2, 0) is 14.6 Å². The zero-order chi connectivity index (χ0) is 24.5. The highest BCUT2D eigenvalue weighted by molar-refractivity contribution is 7.91. The summed E-state index contributed by atoms with van der Waals surface area (Å²) in [5.74, 6) is 1.49. The summed E-state index contributed by atoms with van der Waals surface area (Å²) in [7, 11) is 0.163. The Balaban J connectivity index is 1.34. The molecule has 2 fully saturated rings. The van der Waals surface area contributed by atoms with Crippen LogP contribution in [0.1, 0.15) is 23.9 Å². The molecule has 186 valence electrons. The fourth-order valence-electron chi connectivity index (χ4n) is 4.88. The summed E-state index contributed by atoms with van der Waals surface area (Å²) in [6.45, 7) is 7.36. The number of amides is 1. The molecule has 0 aliphatic carbocycles. The van der Waals surface area contributed by atoms with Crippen LogP contribution in [0.5, 0.6) is 11.5 Å². The second-order valence-electron chi connectivity index (χ2n) is 8.90. The van der Waals surface area contributed by atoms with Gasteiger partial charge in [-0.1, -0.05) is 0 Å². The molecule has 1 atom stereocenters. The van der Waals surface area contributed by atoms with Crippen molar-refractivity contribution >= 4 is 27.1 Å². The predicted molar refractivity (Wildman–Crippen MR) is 131 cm³/mol. The number of hydrogen-bond donors (Lipinski definition) is 1. The van der Waals surface area contributed by atoms with E-state index in [1.807, 2.05) is 18.5 Å². The zero-order valence-corrected chi connectivity index (χ0v) is 21.0. The highest BCUT2D eigenvalue weighted by Gasteiger charge is 2.32. The molecule has 2 aromatic rings. The normalized spacial score (nSPS) is 20.4. The maximum Gasteiger partial charge on any atom is 0.238 e. The van der Waals surface area contributed by atoms with Gasteiger partial charge >= 0.3 is 0 Å². The molecule has 0 saturated carbocycles. The number of sulfone groups is 1. The van der Waals surface area contributed by atoms with Crippen LogP contribution in [-0.4, -0.2) is 87.5 Å². The monoisotopic (exact) mass is 491 g/mol. The lowest BCUT2D eigenvalue weighted by molar-refractivity contribution is -0.117. The number of nitrogens with zero attached hydrogens (tertiary/aromatic N) is 4. The van der Waals surface area contributed by atoms with Crippen molar-refractivity contribution in [1.82, 2.24) is 14.7 Å². The quantitative estimate of drug-likeness (QED) is 0.623. The maximum absolute atomic E-state index is 12.6. The zero-order valence-electron chi connectivity index (χ0n) is 20.2. The van der Waals surface area contributed by atoms with E-state index in [9.17, 15) is 13.2 Å². The number of benzene rings is 1. The van der Waals surface area contributed by atoms with Gasteiger partial charge in [0, 0.05) is 37.9 Å². The van der Waals surface area contributed by atoms with Crippen molar-refractivity contribution in [2.45, 2.75) is 26.3 Å². The van der Waals surface area contributed by atoms with Crippen molar-refractivity contribution in [3.63, 3.8) is 0 Å². The average Bonchev–Trinajstić information content (AvgIpc) is 3.31. The summed E-state index contributed by atoms with van der Waals surface area (Å²) >= 11 is 0. The summed E-state index contributed by atoms with van der Waals surface area (Å²) in [5, 5.41) is 7.61. The Bertz CT molecular complexity index is 1150. The summed E-state index contributed by atoms with van der Waals surface area (Å²) in [4.78, 5) is 17.0. The second kappa shape index (κ2) is 9.83. The maximum atomic E-state index is 12.6. The molecule has 10 nitrogen and oxygen atoms in total. The van der Waals surface area contributed by atoms with Crippen LogP contribution >= 0.6 is 0 Å². The second-order valence-corrected chi connectivity index (χ2v) is 11.1. The number of hydrogen-bond acceptors (Lipinski definition) is 8. The van der Waals surface area contributed by atoms with E-state index in [2.05, 4.69) is 20.2 Å². The van der Waals surface area contributed by atoms with E-state index in [1.54, 1.807) is 32.4 Å². The van der Waals surface area contributed by atoms with Gasteiger partial charge in [0.25, 0.3) is 0 Å². The van der Waals surface area contributed by atoms with E-state index in [4.69, 9.17) is 9.47 Å². The molecule has 2 aliphatic rings. The summed E-state index contributed by atoms with van der Waals surface area (Å²) in [5.41, 5.74) is 3.67. The molecule has 0 bridgehead atoms. The summed E-state index contributed by atoms with van der Waals surface area (Å²) < 4.78 is 36.3. The number of carbonyl (C=O) groups excluding carboxylic acids is 1. The Kier molecular flexibility index (Phi) is 7.04. The van der Waals surface area contributed by atoms with Crippen molar-refractivity contribution in [1.29, 1.82) is 0 Å². The minimum absolute atomic E-state index is 0.0803. The van der Waals surface area contributed by atoms with Crippen LogP contribution in [0.2, 0.25) is 0 Å². The first-order valence-electron chi connectivity index (χ1n) is 11.5. The molecule has 34 heavy (non-hydrogen) atoms. The number of rotatable bonds is 7. The number of anilines is 2. The third kappa shape index (κ3) is 5.15. The van der Waals surface area contributed by atoms with Crippen molar-refractivity contribution in [2.24, 2.45) is 0 Å².